The highest BCUT2D eigenvalue weighted by Gasteiger charge is 2.12. The zero-order chi connectivity index (χ0) is 10.0. The fourth-order valence-corrected chi connectivity index (χ4v) is 1.52. The molecular weight excluding hydrogens is 303 g/mol. The molecule has 0 N–H and O–H groups in total. The Hall–Kier alpha value is -0.220. The largest absolute Gasteiger partial charge is 0.293 e. The number of alkyl halides is 1. The predicted octanol–water partition coefficient (Wildman–Crippen LogP) is 3.55. The Morgan fingerprint density at radius 1 is 1.54 bits per heavy atom. The lowest BCUT2D eigenvalue weighted by Gasteiger charge is -2.03. The second-order valence-electron chi connectivity index (χ2n) is 2.61. The molecule has 4 heteroatoms. The van der Waals surface area contributed by atoms with Gasteiger partial charge in [-0.05, 0) is 41.1 Å². The van der Waals surface area contributed by atoms with Gasteiger partial charge in [-0.15, -0.1) is 0 Å². The summed E-state index contributed by atoms with van der Waals surface area (Å²) < 4.78 is 13.1. The number of benzene rings is 1. The monoisotopic (exact) mass is 308 g/mol. The summed E-state index contributed by atoms with van der Waals surface area (Å²) in [5.41, 5.74) is 0.498. The predicted molar refractivity (Wildman–Crippen MR) is 56.8 cm³/mol. The molecule has 0 fully saturated rings. The number of halogens is 3. The molecule has 1 rings (SSSR count). The van der Waals surface area contributed by atoms with Gasteiger partial charge in [-0.1, -0.05) is 15.9 Å². The molecule has 0 saturated heterocycles. The Kier molecular flexibility index (Phi) is 3.62. The summed E-state index contributed by atoms with van der Waals surface area (Å²) in [6, 6.07) is 4.22. The molecule has 1 nitrogen and oxygen atoms in total. The minimum absolute atomic E-state index is 0.0549. The van der Waals surface area contributed by atoms with Gasteiger partial charge in [-0.3, -0.25) is 4.79 Å². The van der Waals surface area contributed by atoms with Crippen LogP contribution < -0.4 is 0 Å². The van der Waals surface area contributed by atoms with Crippen molar-refractivity contribution in [3.63, 3.8) is 0 Å². The van der Waals surface area contributed by atoms with Crippen LogP contribution in [0, 0.1) is 5.82 Å². The van der Waals surface area contributed by atoms with Crippen LogP contribution >= 0.6 is 31.9 Å². The maximum Gasteiger partial charge on any atom is 0.176 e. The van der Waals surface area contributed by atoms with Crippen LogP contribution in [0.5, 0.6) is 0 Å². The lowest BCUT2D eigenvalue weighted by Crippen LogP contribution is -2.09. The molecule has 0 heterocycles. The number of carbonyl (C=O) groups is 1. The van der Waals surface area contributed by atoms with Crippen LogP contribution in [-0.4, -0.2) is 10.6 Å². The van der Waals surface area contributed by atoms with Crippen molar-refractivity contribution in [1.29, 1.82) is 0 Å². The molecular formula is C9H7Br2FO. The molecule has 0 spiro atoms. The highest BCUT2D eigenvalue weighted by molar-refractivity contribution is 9.10. The topological polar surface area (TPSA) is 17.1 Å². The summed E-state index contributed by atoms with van der Waals surface area (Å²) in [4.78, 5) is 11.2. The van der Waals surface area contributed by atoms with Crippen LogP contribution in [0.15, 0.2) is 22.7 Å². The van der Waals surface area contributed by atoms with E-state index in [4.69, 9.17) is 0 Å². The van der Waals surface area contributed by atoms with Crippen molar-refractivity contribution in [2.75, 3.05) is 0 Å². The summed E-state index contributed by atoms with van der Waals surface area (Å²) in [5.74, 6) is -0.417. The fraction of sp³-hybridized carbons (Fsp3) is 0.222. The van der Waals surface area contributed by atoms with Gasteiger partial charge >= 0.3 is 0 Å². The quantitative estimate of drug-likeness (QED) is 0.603. The Morgan fingerprint density at radius 2 is 2.15 bits per heavy atom. The first-order valence-corrected chi connectivity index (χ1v) is 5.36. The average molecular weight is 310 g/mol. The Labute approximate surface area is 92.6 Å². The van der Waals surface area contributed by atoms with E-state index in [1.165, 1.54) is 18.2 Å². The molecule has 0 saturated carbocycles. The minimum Gasteiger partial charge on any atom is -0.293 e. The fourth-order valence-electron chi connectivity index (χ4n) is 0.879. The lowest BCUT2D eigenvalue weighted by molar-refractivity contribution is 0.0995. The van der Waals surface area contributed by atoms with E-state index < -0.39 is 0 Å². The molecule has 1 atom stereocenters. The van der Waals surface area contributed by atoms with E-state index >= 15 is 0 Å². The third-order valence-electron chi connectivity index (χ3n) is 1.57. The van der Waals surface area contributed by atoms with E-state index in [1.807, 2.05) is 0 Å². The summed E-state index contributed by atoms with van der Waals surface area (Å²) in [6.45, 7) is 1.74. The van der Waals surface area contributed by atoms with Gasteiger partial charge in [0.2, 0.25) is 0 Å². The second kappa shape index (κ2) is 4.33. The molecule has 0 aliphatic rings. The van der Waals surface area contributed by atoms with E-state index in [9.17, 15) is 9.18 Å². The number of hydrogen-bond acceptors (Lipinski definition) is 1. The summed E-state index contributed by atoms with van der Waals surface area (Å²) >= 11 is 6.18. The van der Waals surface area contributed by atoms with Crippen LogP contribution in [-0.2, 0) is 0 Å². The molecule has 1 unspecified atom stereocenters. The molecule has 0 aliphatic carbocycles. The van der Waals surface area contributed by atoms with Gasteiger partial charge in [0.05, 0.1) is 9.30 Å². The number of Topliss-reactive ketones (excluding diaryl/α,β-unsaturated/α-hetero) is 1. The van der Waals surface area contributed by atoms with Gasteiger partial charge in [0, 0.05) is 5.56 Å². The third-order valence-corrected chi connectivity index (χ3v) is 2.59. The number of carbonyl (C=O) groups excluding carboxylic acids is 1. The number of ketones is 1. The normalized spacial score (nSPS) is 12.6. The Morgan fingerprint density at radius 3 is 2.62 bits per heavy atom. The first-order valence-electron chi connectivity index (χ1n) is 3.65. The maximum atomic E-state index is 12.8. The standard InChI is InChI=1S/C9H7Br2FO/c1-5(10)9(13)6-2-3-8(12)7(11)4-6/h2-5H,1H3. The molecule has 0 bridgehead atoms. The van der Waals surface area contributed by atoms with Crippen molar-refractivity contribution < 1.29 is 9.18 Å². The average Bonchev–Trinajstić information content (AvgIpc) is 2.08. The van der Waals surface area contributed by atoms with Gasteiger partial charge in [0.15, 0.2) is 5.78 Å². The van der Waals surface area contributed by atoms with E-state index in [0.717, 1.165) is 0 Å². The van der Waals surface area contributed by atoms with E-state index in [1.54, 1.807) is 6.92 Å². The van der Waals surface area contributed by atoms with Crippen LogP contribution in [0.4, 0.5) is 4.39 Å². The third kappa shape index (κ3) is 2.61. The molecule has 0 radical (unpaired) electrons. The lowest BCUT2D eigenvalue weighted by atomic mass is 10.1. The van der Waals surface area contributed by atoms with Crippen molar-refractivity contribution in [2.24, 2.45) is 0 Å². The molecule has 1 aromatic rings. The molecule has 70 valence electrons. The number of rotatable bonds is 2. The maximum absolute atomic E-state index is 12.8. The summed E-state index contributed by atoms with van der Waals surface area (Å²) in [6.07, 6.45) is 0. The second-order valence-corrected chi connectivity index (χ2v) is 4.84. The van der Waals surface area contributed by atoms with Crippen LogP contribution in [0.3, 0.4) is 0 Å². The van der Waals surface area contributed by atoms with Crippen molar-refractivity contribution >= 4 is 37.6 Å². The van der Waals surface area contributed by atoms with E-state index in [0.29, 0.717) is 10.0 Å². The molecule has 0 amide bonds. The van der Waals surface area contributed by atoms with Gasteiger partial charge < -0.3 is 0 Å². The summed E-state index contributed by atoms with van der Waals surface area (Å²) in [7, 11) is 0. The van der Waals surface area contributed by atoms with Crippen molar-refractivity contribution in [3.8, 4) is 0 Å². The highest BCUT2D eigenvalue weighted by Crippen LogP contribution is 2.19. The van der Waals surface area contributed by atoms with Crippen molar-refractivity contribution in [3.05, 3.63) is 34.1 Å². The minimum atomic E-state index is -0.362. The molecule has 1 aromatic carbocycles. The van der Waals surface area contributed by atoms with Gasteiger partial charge in [-0.2, -0.15) is 0 Å². The summed E-state index contributed by atoms with van der Waals surface area (Å²) in [5, 5.41) is 0. The first-order chi connectivity index (χ1) is 6.02. The van der Waals surface area contributed by atoms with Crippen molar-refractivity contribution in [2.45, 2.75) is 11.8 Å². The van der Waals surface area contributed by atoms with Gasteiger partial charge in [0.1, 0.15) is 5.82 Å². The smallest absolute Gasteiger partial charge is 0.176 e. The first kappa shape index (κ1) is 10.9. The Bertz CT molecular complexity index is 336. The zero-order valence-electron chi connectivity index (χ0n) is 6.85. The Balaban J connectivity index is 3.04. The van der Waals surface area contributed by atoms with Crippen molar-refractivity contribution in [1.82, 2.24) is 0 Å². The molecule has 13 heavy (non-hydrogen) atoms. The zero-order valence-corrected chi connectivity index (χ0v) is 10.0. The van der Waals surface area contributed by atoms with Gasteiger partial charge in [0.25, 0.3) is 0 Å². The molecule has 0 aliphatic heterocycles. The van der Waals surface area contributed by atoms with Gasteiger partial charge in [-0.25, -0.2) is 4.39 Å². The highest BCUT2D eigenvalue weighted by atomic mass is 79.9. The van der Waals surface area contributed by atoms with Crippen LogP contribution in [0.1, 0.15) is 17.3 Å². The van der Waals surface area contributed by atoms with E-state index in [2.05, 4.69) is 31.9 Å². The van der Waals surface area contributed by atoms with Crippen LogP contribution in [0.25, 0.3) is 0 Å². The SMILES string of the molecule is CC(Br)C(=O)c1ccc(F)c(Br)c1. The van der Waals surface area contributed by atoms with Crippen LogP contribution in [0.2, 0.25) is 0 Å². The van der Waals surface area contributed by atoms with E-state index in [-0.39, 0.29) is 16.4 Å². The molecule has 0 aromatic heterocycles. The number of hydrogen-bond donors (Lipinski definition) is 0.